The molecule has 0 fully saturated rings. The number of rotatable bonds is 43. The topological polar surface area (TPSA) is 55.8 Å². The van der Waals surface area contributed by atoms with E-state index in [2.05, 4.69) is 38.2 Å². The molecule has 0 saturated carbocycles. The lowest BCUT2D eigenvalue weighted by Gasteiger charge is -2.16. The molecule has 0 aliphatic rings. The van der Waals surface area contributed by atoms with Crippen LogP contribution in [0.4, 0.5) is 0 Å². The Hall–Kier alpha value is -1.13. The molecule has 0 aromatic rings. The van der Waals surface area contributed by atoms with Crippen molar-refractivity contribution in [3.05, 3.63) is 24.3 Å². The highest BCUT2D eigenvalue weighted by Gasteiger charge is 2.13. The third-order valence-electron chi connectivity index (χ3n) is 10.3. The average Bonchev–Trinajstić information content (AvgIpc) is 3.14. The molecule has 0 aliphatic carbocycles. The Morgan fingerprint density at radius 3 is 1.22 bits per heavy atom. The first-order chi connectivity index (χ1) is 25.2. The highest BCUT2D eigenvalue weighted by molar-refractivity contribution is 5.69. The van der Waals surface area contributed by atoms with E-state index in [4.69, 9.17) is 9.47 Å². The Bertz CT molecular complexity index is 717. The lowest BCUT2D eigenvalue weighted by atomic mass is 10.0. The number of aliphatic hydroxyl groups is 1. The van der Waals surface area contributed by atoms with Crippen molar-refractivity contribution in [2.75, 3.05) is 19.8 Å². The molecule has 0 radical (unpaired) electrons. The van der Waals surface area contributed by atoms with Crippen molar-refractivity contribution >= 4 is 5.97 Å². The Labute approximate surface area is 319 Å². The van der Waals surface area contributed by atoms with Gasteiger partial charge in [0.25, 0.3) is 0 Å². The number of aliphatic hydroxyl groups excluding tert-OH is 1. The molecule has 0 spiro atoms. The zero-order valence-corrected chi connectivity index (χ0v) is 34.6. The second-order valence-electron chi connectivity index (χ2n) is 15.5. The second kappa shape index (κ2) is 45.0. The van der Waals surface area contributed by atoms with Crippen LogP contribution in [0.1, 0.15) is 245 Å². The quantitative estimate of drug-likeness (QED) is 0.0387. The maximum atomic E-state index is 12.2. The van der Waals surface area contributed by atoms with Crippen LogP contribution in [0.15, 0.2) is 24.3 Å². The van der Waals surface area contributed by atoms with Gasteiger partial charge in [0.05, 0.1) is 13.2 Å². The van der Waals surface area contributed by atoms with E-state index in [9.17, 15) is 9.90 Å². The van der Waals surface area contributed by atoms with Gasteiger partial charge in [-0.15, -0.1) is 0 Å². The van der Waals surface area contributed by atoms with E-state index in [0.717, 1.165) is 25.7 Å². The summed E-state index contributed by atoms with van der Waals surface area (Å²) in [6, 6.07) is 0. The fraction of sp³-hybridized carbons (Fsp3) is 0.894. The summed E-state index contributed by atoms with van der Waals surface area (Å²) < 4.78 is 11.2. The van der Waals surface area contributed by atoms with E-state index in [-0.39, 0.29) is 12.6 Å². The van der Waals surface area contributed by atoms with E-state index in [1.807, 2.05) is 0 Å². The van der Waals surface area contributed by atoms with Crippen molar-refractivity contribution < 1.29 is 19.4 Å². The summed E-state index contributed by atoms with van der Waals surface area (Å²) in [4.78, 5) is 12.2. The Kier molecular flexibility index (Phi) is 44.0. The molecular weight excluding hydrogens is 629 g/mol. The summed E-state index contributed by atoms with van der Waals surface area (Å²) in [6.07, 6.45) is 55.3. The van der Waals surface area contributed by atoms with E-state index in [1.54, 1.807) is 0 Å². The molecular formula is C47H90O4. The number of esters is 1. The minimum atomic E-state index is -0.531. The molecule has 302 valence electrons. The highest BCUT2D eigenvalue weighted by atomic mass is 16.6. The van der Waals surface area contributed by atoms with Crippen molar-refractivity contribution in [2.45, 2.75) is 251 Å². The number of carbonyl (C=O) groups excluding carboxylic acids is 1. The number of hydrogen-bond donors (Lipinski definition) is 1. The zero-order chi connectivity index (χ0) is 37.0. The lowest BCUT2D eigenvalue weighted by Crippen LogP contribution is -2.27. The van der Waals surface area contributed by atoms with Crippen LogP contribution in [0.5, 0.6) is 0 Å². The van der Waals surface area contributed by atoms with E-state index in [0.29, 0.717) is 19.6 Å². The number of unbranched alkanes of at least 4 members (excludes halogenated alkanes) is 31. The summed E-state index contributed by atoms with van der Waals surface area (Å²) >= 11 is 0. The smallest absolute Gasteiger partial charge is 0.306 e. The molecule has 0 aromatic heterocycles. The SMILES string of the molecule is CCCCCCC/C=C\C/C=C\CCCCCCCCCCCCCC(=O)OC(CO)COCCCCCCCCCCCCCCCCCC. The third kappa shape index (κ3) is 43.2. The first kappa shape index (κ1) is 49.9. The van der Waals surface area contributed by atoms with Gasteiger partial charge >= 0.3 is 5.97 Å². The lowest BCUT2D eigenvalue weighted by molar-refractivity contribution is -0.154. The van der Waals surface area contributed by atoms with Gasteiger partial charge in [0.15, 0.2) is 0 Å². The monoisotopic (exact) mass is 719 g/mol. The maximum absolute atomic E-state index is 12.2. The molecule has 0 aliphatic heterocycles. The Morgan fingerprint density at radius 2 is 0.824 bits per heavy atom. The predicted molar refractivity (Wildman–Crippen MR) is 224 cm³/mol. The number of carbonyl (C=O) groups is 1. The van der Waals surface area contributed by atoms with Gasteiger partial charge in [-0.1, -0.05) is 218 Å². The van der Waals surface area contributed by atoms with Gasteiger partial charge in [-0.25, -0.2) is 0 Å². The van der Waals surface area contributed by atoms with Crippen molar-refractivity contribution in [1.82, 2.24) is 0 Å². The van der Waals surface area contributed by atoms with Gasteiger partial charge in [-0.3, -0.25) is 4.79 Å². The van der Waals surface area contributed by atoms with Gasteiger partial charge in [-0.05, 0) is 44.9 Å². The maximum Gasteiger partial charge on any atom is 0.306 e. The van der Waals surface area contributed by atoms with Crippen LogP contribution in [0.2, 0.25) is 0 Å². The summed E-state index contributed by atoms with van der Waals surface area (Å²) in [5.41, 5.74) is 0. The summed E-state index contributed by atoms with van der Waals surface area (Å²) in [7, 11) is 0. The molecule has 51 heavy (non-hydrogen) atoms. The molecule has 1 unspecified atom stereocenters. The normalized spacial score (nSPS) is 12.5. The molecule has 4 nitrogen and oxygen atoms in total. The van der Waals surface area contributed by atoms with Crippen LogP contribution in [0.25, 0.3) is 0 Å². The van der Waals surface area contributed by atoms with Crippen LogP contribution in [0.3, 0.4) is 0 Å². The van der Waals surface area contributed by atoms with Crippen LogP contribution >= 0.6 is 0 Å². The molecule has 0 saturated heterocycles. The fourth-order valence-electron chi connectivity index (χ4n) is 6.83. The van der Waals surface area contributed by atoms with E-state index >= 15 is 0 Å². The molecule has 4 heteroatoms. The predicted octanol–water partition coefficient (Wildman–Crippen LogP) is 15.1. The first-order valence-electron chi connectivity index (χ1n) is 22.9. The van der Waals surface area contributed by atoms with Gasteiger partial charge in [0, 0.05) is 13.0 Å². The Balaban J connectivity index is 3.39. The van der Waals surface area contributed by atoms with Crippen molar-refractivity contribution in [3.63, 3.8) is 0 Å². The van der Waals surface area contributed by atoms with Crippen LogP contribution in [-0.2, 0) is 14.3 Å². The zero-order valence-electron chi connectivity index (χ0n) is 34.6. The van der Waals surface area contributed by atoms with Crippen molar-refractivity contribution in [3.8, 4) is 0 Å². The summed E-state index contributed by atoms with van der Waals surface area (Å²) in [5, 5.41) is 9.61. The molecule has 0 rings (SSSR count). The molecule has 0 aromatic carbocycles. The minimum Gasteiger partial charge on any atom is -0.457 e. The fourth-order valence-corrected chi connectivity index (χ4v) is 6.83. The molecule has 0 heterocycles. The highest BCUT2D eigenvalue weighted by Crippen LogP contribution is 2.15. The van der Waals surface area contributed by atoms with Crippen molar-refractivity contribution in [1.29, 1.82) is 0 Å². The standard InChI is InChI=1S/C47H90O4/c1-3-5-7-9-11-13-15-17-19-21-22-23-24-25-26-27-28-30-32-34-36-38-40-42-47(49)51-46(44-48)45-50-43-41-39-37-35-33-31-29-20-18-16-14-12-10-8-6-4-2/h15,17,21-22,46,48H,3-14,16,18-20,23-45H2,1-2H3/b17-15-,22-21-. The largest absolute Gasteiger partial charge is 0.457 e. The average molecular weight is 719 g/mol. The van der Waals surface area contributed by atoms with Gasteiger partial charge in [0.2, 0.25) is 0 Å². The summed E-state index contributed by atoms with van der Waals surface area (Å²) in [5.74, 6) is -0.198. The van der Waals surface area contributed by atoms with E-state index in [1.165, 1.54) is 199 Å². The molecule has 0 bridgehead atoms. The first-order valence-corrected chi connectivity index (χ1v) is 22.9. The van der Waals surface area contributed by atoms with Gasteiger partial charge in [0.1, 0.15) is 6.10 Å². The third-order valence-corrected chi connectivity index (χ3v) is 10.3. The molecule has 1 N–H and O–H groups in total. The molecule has 1 atom stereocenters. The van der Waals surface area contributed by atoms with Crippen LogP contribution < -0.4 is 0 Å². The summed E-state index contributed by atoms with van der Waals surface area (Å²) in [6.45, 7) is 5.38. The van der Waals surface area contributed by atoms with Crippen molar-refractivity contribution in [2.24, 2.45) is 0 Å². The van der Waals surface area contributed by atoms with Crippen LogP contribution in [-0.4, -0.2) is 37.0 Å². The van der Waals surface area contributed by atoms with E-state index < -0.39 is 6.10 Å². The second-order valence-corrected chi connectivity index (χ2v) is 15.5. The van der Waals surface area contributed by atoms with Gasteiger partial charge in [-0.2, -0.15) is 0 Å². The minimum absolute atomic E-state index is 0.168. The Morgan fingerprint density at radius 1 is 0.471 bits per heavy atom. The number of allylic oxidation sites excluding steroid dienone is 4. The number of ether oxygens (including phenoxy) is 2. The van der Waals surface area contributed by atoms with Gasteiger partial charge < -0.3 is 14.6 Å². The molecule has 0 amide bonds. The number of hydrogen-bond acceptors (Lipinski definition) is 4. The van der Waals surface area contributed by atoms with Crippen LogP contribution in [0, 0.1) is 0 Å².